The summed E-state index contributed by atoms with van der Waals surface area (Å²) in [5.41, 5.74) is 0.355. The zero-order valence-electron chi connectivity index (χ0n) is 11.5. The molecule has 0 radical (unpaired) electrons. The van der Waals surface area contributed by atoms with Gasteiger partial charge in [0.25, 0.3) is 0 Å². The van der Waals surface area contributed by atoms with E-state index in [-0.39, 0.29) is 22.3 Å². The maximum Gasteiger partial charge on any atom is 0.337 e. The minimum absolute atomic E-state index is 0.0366. The molecule has 0 aliphatic rings. The lowest BCUT2D eigenvalue weighted by Crippen LogP contribution is -2.10. The van der Waals surface area contributed by atoms with Crippen molar-refractivity contribution in [1.29, 1.82) is 0 Å². The Labute approximate surface area is 125 Å². The average molecular weight is 300 g/mol. The molecule has 0 heterocycles. The summed E-state index contributed by atoms with van der Waals surface area (Å²) in [7, 11) is 0. The molecular formula is C16H12O6. The molecule has 0 atom stereocenters. The van der Waals surface area contributed by atoms with Crippen LogP contribution in [0.15, 0.2) is 36.4 Å². The predicted octanol–water partition coefficient (Wildman–Crippen LogP) is 2.76. The van der Waals surface area contributed by atoms with Gasteiger partial charge in [-0.05, 0) is 35.7 Å². The largest absolute Gasteiger partial charge is 0.478 e. The zero-order chi connectivity index (χ0) is 16.4. The lowest BCUT2D eigenvalue weighted by atomic mass is 9.93. The van der Waals surface area contributed by atoms with Gasteiger partial charge in [-0.25, -0.2) is 14.4 Å². The summed E-state index contributed by atoms with van der Waals surface area (Å²) in [4.78, 5) is 33.8. The van der Waals surface area contributed by atoms with E-state index in [2.05, 4.69) is 0 Å². The highest BCUT2D eigenvalue weighted by molar-refractivity contribution is 6.07. The van der Waals surface area contributed by atoms with Crippen molar-refractivity contribution >= 4 is 17.9 Å². The van der Waals surface area contributed by atoms with Crippen LogP contribution >= 0.6 is 0 Å². The number of hydrogen-bond acceptors (Lipinski definition) is 3. The van der Waals surface area contributed by atoms with Gasteiger partial charge in [-0.2, -0.15) is 0 Å². The van der Waals surface area contributed by atoms with Crippen LogP contribution in [0, 0.1) is 6.92 Å². The lowest BCUT2D eigenvalue weighted by Gasteiger charge is -2.11. The van der Waals surface area contributed by atoms with E-state index in [0.29, 0.717) is 11.1 Å². The number of rotatable bonds is 4. The van der Waals surface area contributed by atoms with Crippen molar-refractivity contribution in [1.82, 2.24) is 0 Å². The van der Waals surface area contributed by atoms with E-state index in [9.17, 15) is 19.5 Å². The number of carboxylic acid groups (broad SMARTS) is 3. The molecule has 2 rings (SSSR count). The molecule has 0 spiro atoms. The molecule has 2 aromatic carbocycles. The van der Waals surface area contributed by atoms with Gasteiger partial charge in [-0.15, -0.1) is 0 Å². The highest BCUT2D eigenvalue weighted by atomic mass is 16.4. The van der Waals surface area contributed by atoms with Crippen LogP contribution in [-0.2, 0) is 0 Å². The Morgan fingerprint density at radius 3 is 2.00 bits per heavy atom. The lowest BCUT2D eigenvalue weighted by molar-refractivity contribution is 0.0652. The molecule has 0 bridgehead atoms. The van der Waals surface area contributed by atoms with E-state index in [1.807, 2.05) is 0 Å². The molecule has 0 aliphatic heterocycles. The first kappa shape index (κ1) is 15.2. The maximum absolute atomic E-state index is 11.4. The molecule has 0 aromatic heterocycles. The second kappa shape index (κ2) is 5.69. The second-order valence-electron chi connectivity index (χ2n) is 4.67. The number of carbonyl (C=O) groups is 3. The summed E-state index contributed by atoms with van der Waals surface area (Å²) in [6.45, 7) is 1.62. The quantitative estimate of drug-likeness (QED) is 0.800. The Hall–Kier alpha value is -3.15. The van der Waals surface area contributed by atoms with Gasteiger partial charge >= 0.3 is 17.9 Å². The van der Waals surface area contributed by atoms with Gasteiger partial charge in [0.2, 0.25) is 0 Å². The molecule has 112 valence electrons. The van der Waals surface area contributed by atoms with Gasteiger partial charge in [0.05, 0.1) is 16.7 Å². The Kier molecular flexibility index (Phi) is 3.94. The van der Waals surface area contributed by atoms with Crippen LogP contribution in [-0.4, -0.2) is 33.2 Å². The van der Waals surface area contributed by atoms with Crippen LogP contribution in [0.2, 0.25) is 0 Å². The summed E-state index contributed by atoms with van der Waals surface area (Å²) in [6.07, 6.45) is 0. The first-order valence-electron chi connectivity index (χ1n) is 6.27. The van der Waals surface area contributed by atoms with Crippen LogP contribution in [0.4, 0.5) is 0 Å². The minimum atomic E-state index is -1.38. The SMILES string of the molecule is Cc1ccc(-c2cccc(C(=O)O)c2C(=O)O)cc1C(=O)O. The number of aryl methyl sites for hydroxylation is 1. The standard InChI is InChI=1S/C16H12O6/c1-8-5-6-9(7-12(8)15(19)20)10-3-2-4-11(14(17)18)13(10)16(21)22/h2-7H,1H3,(H,17,18)(H,19,20)(H,21,22). The van der Waals surface area contributed by atoms with Crippen molar-refractivity contribution in [2.24, 2.45) is 0 Å². The molecule has 0 saturated carbocycles. The van der Waals surface area contributed by atoms with Crippen LogP contribution < -0.4 is 0 Å². The fourth-order valence-electron chi connectivity index (χ4n) is 2.22. The summed E-state index contributed by atoms with van der Waals surface area (Å²) in [5, 5.41) is 27.6. The van der Waals surface area contributed by atoms with Crippen molar-refractivity contribution < 1.29 is 29.7 Å². The summed E-state index contributed by atoms with van der Waals surface area (Å²) in [6, 6.07) is 8.53. The van der Waals surface area contributed by atoms with Crippen molar-refractivity contribution in [2.45, 2.75) is 6.92 Å². The van der Waals surface area contributed by atoms with Gasteiger partial charge in [-0.3, -0.25) is 0 Å². The number of benzene rings is 2. The first-order chi connectivity index (χ1) is 10.3. The van der Waals surface area contributed by atoms with Crippen molar-refractivity contribution in [3.05, 3.63) is 58.7 Å². The summed E-state index contributed by atoms with van der Waals surface area (Å²) in [5.74, 6) is -3.87. The van der Waals surface area contributed by atoms with E-state index in [0.717, 1.165) is 0 Å². The highest BCUT2D eigenvalue weighted by Gasteiger charge is 2.21. The Balaban J connectivity index is 2.75. The number of carboxylic acids is 3. The third-order valence-electron chi connectivity index (χ3n) is 3.29. The molecule has 0 amide bonds. The van der Waals surface area contributed by atoms with Gasteiger partial charge < -0.3 is 15.3 Å². The molecule has 2 aromatic rings. The van der Waals surface area contributed by atoms with Gasteiger partial charge in [0, 0.05) is 0 Å². The number of hydrogen-bond donors (Lipinski definition) is 3. The highest BCUT2D eigenvalue weighted by Crippen LogP contribution is 2.28. The molecule has 6 heteroatoms. The van der Waals surface area contributed by atoms with E-state index in [1.165, 1.54) is 24.3 Å². The van der Waals surface area contributed by atoms with Crippen LogP contribution in [0.25, 0.3) is 11.1 Å². The molecule has 22 heavy (non-hydrogen) atoms. The molecule has 6 nitrogen and oxygen atoms in total. The van der Waals surface area contributed by atoms with Crippen molar-refractivity contribution in [3.63, 3.8) is 0 Å². The van der Waals surface area contributed by atoms with Crippen molar-refractivity contribution in [3.8, 4) is 11.1 Å². The van der Waals surface area contributed by atoms with E-state index >= 15 is 0 Å². The molecule has 3 N–H and O–H groups in total. The summed E-state index contributed by atoms with van der Waals surface area (Å²) < 4.78 is 0. The summed E-state index contributed by atoms with van der Waals surface area (Å²) >= 11 is 0. The topological polar surface area (TPSA) is 112 Å². The molecular weight excluding hydrogens is 288 g/mol. The van der Waals surface area contributed by atoms with Gasteiger partial charge in [0.15, 0.2) is 0 Å². The average Bonchev–Trinajstić information content (AvgIpc) is 2.46. The van der Waals surface area contributed by atoms with E-state index in [4.69, 9.17) is 10.2 Å². The van der Waals surface area contributed by atoms with Crippen molar-refractivity contribution in [2.75, 3.05) is 0 Å². The van der Waals surface area contributed by atoms with Crippen LogP contribution in [0.1, 0.15) is 36.6 Å². The molecule has 0 aliphatic carbocycles. The van der Waals surface area contributed by atoms with Crippen LogP contribution in [0.5, 0.6) is 0 Å². The van der Waals surface area contributed by atoms with Gasteiger partial charge in [-0.1, -0.05) is 24.3 Å². The third-order valence-corrected chi connectivity index (χ3v) is 3.29. The Morgan fingerprint density at radius 2 is 1.45 bits per heavy atom. The normalized spacial score (nSPS) is 10.2. The monoisotopic (exact) mass is 300 g/mol. The Bertz CT molecular complexity index is 791. The third kappa shape index (κ3) is 2.67. The molecule has 0 fully saturated rings. The van der Waals surface area contributed by atoms with Gasteiger partial charge in [0.1, 0.15) is 0 Å². The number of aromatic carboxylic acids is 3. The second-order valence-corrected chi connectivity index (χ2v) is 4.67. The smallest absolute Gasteiger partial charge is 0.337 e. The van der Waals surface area contributed by atoms with E-state index in [1.54, 1.807) is 19.1 Å². The minimum Gasteiger partial charge on any atom is -0.478 e. The fourth-order valence-corrected chi connectivity index (χ4v) is 2.22. The first-order valence-corrected chi connectivity index (χ1v) is 6.27. The predicted molar refractivity (Wildman–Crippen MR) is 77.5 cm³/mol. The van der Waals surface area contributed by atoms with E-state index < -0.39 is 17.9 Å². The maximum atomic E-state index is 11.4. The molecule has 0 saturated heterocycles. The molecule has 0 unspecified atom stereocenters. The Morgan fingerprint density at radius 1 is 0.818 bits per heavy atom. The zero-order valence-corrected chi connectivity index (χ0v) is 11.5. The fraction of sp³-hybridized carbons (Fsp3) is 0.0625. The van der Waals surface area contributed by atoms with Crippen LogP contribution in [0.3, 0.4) is 0 Å².